The normalized spacial score (nSPS) is 13.1. The first-order valence-electron chi connectivity index (χ1n) is 8.32. The summed E-state index contributed by atoms with van der Waals surface area (Å²) >= 11 is 7.20. The van der Waals surface area contributed by atoms with Crippen molar-refractivity contribution in [3.63, 3.8) is 0 Å². The molecule has 1 atom stereocenters. The van der Waals surface area contributed by atoms with Crippen LogP contribution in [0.4, 0.5) is 5.13 Å². The third kappa shape index (κ3) is 4.48. The summed E-state index contributed by atoms with van der Waals surface area (Å²) in [5, 5.41) is 3.93. The molecule has 0 aliphatic rings. The lowest BCUT2D eigenvalue weighted by molar-refractivity contribution is -0.118. The van der Waals surface area contributed by atoms with Gasteiger partial charge in [-0.1, -0.05) is 48.9 Å². The SMILES string of the molecule is CC(C)[C@@H](C(=O)Nc1nc2ccc(S(C)(=O)=O)cc2s1)c1ccc(Cl)cc1. The summed E-state index contributed by atoms with van der Waals surface area (Å²) in [5.74, 6) is -0.423. The summed E-state index contributed by atoms with van der Waals surface area (Å²) in [5.41, 5.74) is 1.53. The Balaban J connectivity index is 1.88. The van der Waals surface area contributed by atoms with Crippen LogP contribution < -0.4 is 5.32 Å². The monoisotopic (exact) mass is 422 g/mol. The average Bonchev–Trinajstić information content (AvgIpc) is 2.97. The van der Waals surface area contributed by atoms with Crippen LogP contribution in [0.3, 0.4) is 0 Å². The van der Waals surface area contributed by atoms with Gasteiger partial charge in [0.2, 0.25) is 5.91 Å². The lowest BCUT2D eigenvalue weighted by Crippen LogP contribution is -2.25. The van der Waals surface area contributed by atoms with Gasteiger partial charge >= 0.3 is 0 Å². The molecule has 5 nitrogen and oxygen atoms in total. The zero-order valence-corrected chi connectivity index (χ0v) is 17.5. The first-order chi connectivity index (χ1) is 12.6. The van der Waals surface area contributed by atoms with Crippen molar-refractivity contribution >= 4 is 54.0 Å². The third-order valence-electron chi connectivity index (χ3n) is 4.20. The lowest BCUT2D eigenvalue weighted by Gasteiger charge is -2.20. The van der Waals surface area contributed by atoms with Crippen LogP contribution in [0.25, 0.3) is 10.2 Å². The van der Waals surface area contributed by atoms with Gasteiger partial charge in [0.05, 0.1) is 21.0 Å². The summed E-state index contributed by atoms with van der Waals surface area (Å²) < 4.78 is 24.1. The smallest absolute Gasteiger partial charge is 0.233 e. The zero-order chi connectivity index (χ0) is 19.8. The molecule has 1 aromatic heterocycles. The molecule has 3 aromatic rings. The molecule has 1 amide bonds. The molecule has 1 N–H and O–H groups in total. The number of halogens is 1. The molecule has 2 aromatic carbocycles. The van der Waals surface area contributed by atoms with Gasteiger partial charge in [-0.3, -0.25) is 4.79 Å². The molecule has 8 heteroatoms. The minimum Gasteiger partial charge on any atom is -0.301 e. The molecular formula is C19H19ClN2O3S2. The van der Waals surface area contributed by atoms with Crippen molar-refractivity contribution in [2.45, 2.75) is 24.7 Å². The maximum atomic E-state index is 12.9. The van der Waals surface area contributed by atoms with E-state index in [-0.39, 0.29) is 22.6 Å². The number of carbonyl (C=O) groups excluding carboxylic acids is 1. The highest BCUT2D eigenvalue weighted by Gasteiger charge is 2.25. The fourth-order valence-electron chi connectivity index (χ4n) is 2.88. The molecular weight excluding hydrogens is 404 g/mol. The van der Waals surface area contributed by atoms with Crippen molar-refractivity contribution < 1.29 is 13.2 Å². The van der Waals surface area contributed by atoms with E-state index in [9.17, 15) is 13.2 Å². The lowest BCUT2D eigenvalue weighted by atomic mass is 9.88. The number of aromatic nitrogens is 1. The second-order valence-electron chi connectivity index (χ2n) is 6.68. The van der Waals surface area contributed by atoms with Gasteiger partial charge < -0.3 is 5.32 Å². The van der Waals surface area contributed by atoms with Crippen molar-refractivity contribution in [1.29, 1.82) is 0 Å². The molecule has 0 fully saturated rings. The highest BCUT2D eigenvalue weighted by atomic mass is 35.5. The van der Waals surface area contributed by atoms with Crippen molar-refractivity contribution in [2.24, 2.45) is 5.92 Å². The number of benzene rings is 2. The summed E-state index contributed by atoms with van der Waals surface area (Å²) in [7, 11) is -3.29. The summed E-state index contributed by atoms with van der Waals surface area (Å²) in [4.78, 5) is 17.5. The fraction of sp³-hybridized carbons (Fsp3) is 0.263. The Hall–Kier alpha value is -1.96. The number of thiazole rings is 1. The molecule has 0 saturated heterocycles. The molecule has 0 aliphatic heterocycles. The Bertz CT molecular complexity index is 1090. The number of nitrogens with one attached hydrogen (secondary N) is 1. The van der Waals surface area contributed by atoms with Crippen LogP contribution in [0.15, 0.2) is 47.4 Å². The Kier molecular flexibility index (Phi) is 5.55. The van der Waals surface area contributed by atoms with E-state index >= 15 is 0 Å². The van der Waals surface area contributed by atoms with Gasteiger partial charge in [-0.05, 0) is 41.8 Å². The number of sulfone groups is 1. The Morgan fingerprint density at radius 2 is 1.81 bits per heavy atom. The van der Waals surface area contributed by atoms with Gasteiger partial charge in [-0.25, -0.2) is 13.4 Å². The van der Waals surface area contributed by atoms with Gasteiger partial charge in [-0.15, -0.1) is 0 Å². The molecule has 0 bridgehead atoms. The van der Waals surface area contributed by atoms with Crippen LogP contribution in [0.5, 0.6) is 0 Å². The Morgan fingerprint density at radius 1 is 1.15 bits per heavy atom. The van der Waals surface area contributed by atoms with Crippen LogP contribution >= 0.6 is 22.9 Å². The molecule has 0 spiro atoms. The number of amides is 1. The molecule has 0 unspecified atom stereocenters. The second-order valence-corrected chi connectivity index (χ2v) is 10.2. The maximum absolute atomic E-state index is 12.9. The Morgan fingerprint density at radius 3 is 2.41 bits per heavy atom. The van der Waals surface area contributed by atoms with E-state index in [0.717, 1.165) is 11.8 Å². The molecule has 3 rings (SSSR count). The van der Waals surface area contributed by atoms with E-state index < -0.39 is 9.84 Å². The van der Waals surface area contributed by atoms with Crippen LogP contribution in [0.1, 0.15) is 25.3 Å². The molecule has 0 saturated carbocycles. The quantitative estimate of drug-likeness (QED) is 0.644. The number of carbonyl (C=O) groups is 1. The molecule has 27 heavy (non-hydrogen) atoms. The number of hydrogen-bond donors (Lipinski definition) is 1. The van der Waals surface area contributed by atoms with Gasteiger partial charge in [0.25, 0.3) is 0 Å². The zero-order valence-electron chi connectivity index (χ0n) is 15.1. The highest BCUT2D eigenvalue weighted by molar-refractivity contribution is 7.90. The maximum Gasteiger partial charge on any atom is 0.233 e. The average molecular weight is 423 g/mol. The van der Waals surface area contributed by atoms with E-state index in [1.807, 2.05) is 26.0 Å². The van der Waals surface area contributed by atoms with Crippen LogP contribution in [-0.2, 0) is 14.6 Å². The second kappa shape index (κ2) is 7.58. The predicted molar refractivity (Wildman–Crippen MR) is 110 cm³/mol. The van der Waals surface area contributed by atoms with E-state index in [4.69, 9.17) is 11.6 Å². The van der Waals surface area contributed by atoms with Crippen molar-refractivity contribution in [2.75, 3.05) is 11.6 Å². The van der Waals surface area contributed by atoms with Crippen LogP contribution in [0, 0.1) is 5.92 Å². The first kappa shape index (κ1) is 19.8. The predicted octanol–water partition coefficient (Wildman–Crippen LogP) is 4.73. The number of fused-ring (bicyclic) bond motifs is 1. The van der Waals surface area contributed by atoms with Gasteiger partial charge in [0.15, 0.2) is 15.0 Å². The van der Waals surface area contributed by atoms with Crippen molar-refractivity contribution in [3.05, 3.63) is 53.1 Å². The number of anilines is 1. The molecule has 0 radical (unpaired) electrons. The van der Waals surface area contributed by atoms with E-state index in [1.54, 1.807) is 24.3 Å². The van der Waals surface area contributed by atoms with Gasteiger partial charge in [0.1, 0.15) is 0 Å². The summed E-state index contributed by atoms with van der Waals surface area (Å²) in [6.07, 6.45) is 1.16. The highest BCUT2D eigenvalue weighted by Crippen LogP contribution is 2.31. The summed E-state index contributed by atoms with van der Waals surface area (Å²) in [6.45, 7) is 3.96. The fourth-order valence-corrected chi connectivity index (χ4v) is 4.64. The minimum absolute atomic E-state index is 0.0809. The van der Waals surface area contributed by atoms with E-state index in [0.29, 0.717) is 20.4 Å². The Labute approximate surface area is 167 Å². The molecule has 0 aliphatic carbocycles. The molecule has 1 heterocycles. The van der Waals surface area contributed by atoms with Gasteiger partial charge in [-0.2, -0.15) is 0 Å². The van der Waals surface area contributed by atoms with Crippen LogP contribution in [-0.4, -0.2) is 25.6 Å². The number of hydrogen-bond acceptors (Lipinski definition) is 5. The van der Waals surface area contributed by atoms with E-state index in [2.05, 4.69) is 10.3 Å². The van der Waals surface area contributed by atoms with Crippen molar-refractivity contribution in [1.82, 2.24) is 4.98 Å². The third-order valence-corrected chi connectivity index (χ3v) is 6.49. The van der Waals surface area contributed by atoms with Gasteiger partial charge in [0, 0.05) is 11.3 Å². The summed E-state index contributed by atoms with van der Waals surface area (Å²) in [6, 6.07) is 12.0. The standard InChI is InChI=1S/C19H19ClN2O3S2/c1-11(2)17(12-4-6-13(20)7-5-12)18(23)22-19-21-15-9-8-14(27(3,24)25)10-16(15)26-19/h4-11,17H,1-3H3,(H,21,22,23)/t17-/m1/s1. The number of rotatable bonds is 5. The molecule has 142 valence electrons. The van der Waals surface area contributed by atoms with Crippen LogP contribution in [0.2, 0.25) is 5.02 Å². The minimum atomic E-state index is -3.29. The topological polar surface area (TPSA) is 76.1 Å². The largest absolute Gasteiger partial charge is 0.301 e. The first-order valence-corrected chi connectivity index (χ1v) is 11.4. The van der Waals surface area contributed by atoms with Crippen molar-refractivity contribution in [3.8, 4) is 0 Å². The number of nitrogens with zero attached hydrogens (tertiary/aromatic N) is 1. The van der Waals surface area contributed by atoms with E-state index in [1.165, 1.54) is 17.4 Å².